The number of aromatic nitrogens is 2. The predicted octanol–water partition coefficient (Wildman–Crippen LogP) is 1.95. The summed E-state index contributed by atoms with van der Waals surface area (Å²) < 4.78 is 0. The van der Waals surface area contributed by atoms with E-state index in [1.54, 1.807) is 0 Å². The van der Waals surface area contributed by atoms with E-state index in [1.807, 2.05) is 6.92 Å². The van der Waals surface area contributed by atoms with Crippen LogP contribution in [0.3, 0.4) is 0 Å². The fraction of sp³-hybridized carbons (Fsp3) is 0.692. The second-order valence-corrected chi connectivity index (χ2v) is 4.32. The summed E-state index contributed by atoms with van der Waals surface area (Å²) in [6, 6.07) is 2.05. The molecular weight excluding hydrogens is 214 g/mol. The highest BCUT2D eigenvalue weighted by atomic mass is 16.2. The molecule has 0 radical (unpaired) electrons. The van der Waals surface area contributed by atoms with Gasteiger partial charge in [-0.15, -0.1) is 0 Å². The van der Waals surface area contributed by atoms with Crippen LogP contribution in [0.15, 0.2) is 6.07 Å². The van der Waals surface area contributed by atoms with Gasteiger partial charge in [-0.1, -0.05) is 6.92 Å². The molecule has 1 aromatic rings. The number of aryl methyl sites for hydroxylation is 2. The van der Waals surface area contributed by atoms with E-state index < -0.39 is 0 Å². The number of aliphatic hydroxyl groups is 1. The van der Waals surface area contributed by atoms with Crippen molar-refractivity contribution in [3.63, 3.8) is 0 Å². The van der Waals surface area contributed by atoms with Crippen molar-refractivity contribution in [1.29, 1.82) is 0 Å². The minimum atomic E-state index is 0.288. The highest BCUT2D eigenvalue weighted by molar-refractivity contribution is 5.38. The van der Waals surface area contributed by atoms with Gasteiger partial charge in [0.2, 0.25) is 0 Å². The average molecular weight is 237 g/mol. The third kappa shape index (κ3) is 4.69. The standard InChI is InChI=1S/C13H23N3O/c1-4-12-10-13(15-11(2)14-12)16(3)8-6-5-7-9-17/h10,17H,4-9H2,1-3H3. The van der Waals surface area contributed by atoms with Gasteiger partial charge in [0.15, 0.2) is 0 Å². The maximum absolute atomic E-state index is 8.72. The normalized spacial score (nSPS) is 10.6. The van der Waals surface area contributed by atoms with E-state index in [0.29, 0.717) is 0 Å². The van der Waals surface area contributed by atoms with Crippen LogP contribution < -0.4 is 4.90 Å². The van der Waals surface area contributed by atoms with Crippen LogP contribution in [0.25, 0.3) is 0 Å². The van der Waals surface area contributed by atoms with Gasteiger partial charge in [-0.2, -0.15) is 0 Å². The van der Waals surface area contributed by atoms with Crippen LogP contribution in [-0.2, 0) is 6.42 Å². The maximum Gasteiger partial charge on any atom is 0.132 e. The molecule has 0 atom stereocenters. The van der Waals surface area contributed by atoms with Crippen LogP contribution in [0.2, 0.25) is 0 Å². The average Bonchev–Trinajstić information content (AvgIpc) is 2.33. The van der Waals surface area contributed by atoms with E-state index in [1.165, 1.54) is 0 Å². The van der Waals surface area contributed by atoms with Crippen molar-refractivity contribution in [2.45, 2.75) is 39.5 Å². The number of hydrogen-bond acceptors (Lipinski definition) is 4. The molecule has 0 aliphatic carbocycles. The van der Waals surface area contributed by atoms with Gasteiger partial charge < -0.3 is 10.0 Å². The van der Waals surface area contributed by atoms with Crippen LogP contribution in [0.5, 0.6) is 0 Å². The molecule has 0 fully saturated rings. The molecule has 0 unspecified atom stereocenters. The third-order valence-corrected chi connectivity index (χ3v) is 2.78. The minimum Gasteiger partial charge on any atom is -0.396 e. The quantitative estimate of drug-likeness (QED) is 0.736. The summed E-state index contributed by atoms with van der Waals surface area (Å²) in [6.07, 6.45) is 3.97. The molecule has 4 heteroatoms. The number of nitrogens with zero attached hydrogens (tertiary/aromatic N) is 3. The number of unbranched alkanes of at least 4 members (excludes halogenated alkanes) is 2. The second-order valence-electron chi connectivity index (χ2n) is 4.32. The zero-order valence-electron chi connectivity index (χ0n) is 11.1. The lowest BCUT2D eigenvalue weighted by Gasteiger charge is -2.18. The van der Waals surface area contributed by atoms with Crippen molar-refractivity contribution in [3.8, 4) is 0 Å². The molecule has 0 aliphatic heterocycles. The van der Waals surface area contributed by atoms with Crippen LogP contribution in [0.1, 0.15) is 37.7 Å². The molecule has 96 valence electrons. The molecule has 4 nitrogen and oxygen atoms in total. The number of hydrogen-bond donors (Lipinski definition) is 1. The van der Waals surface area contributed by atoms with Crippen LogP contribution >= 0.6 is 0 Å². The summed E-state index contributed by atoms with van der Waals surface area (Å²) in [4.78, 5) is 11.0. The van der Waals surface area contributed by atoms with E-state index in [0.717, 1.165) is 49.6 Å². The van der Waals surface area contributed by atoms with E-state index in [2.05, 4.69) is 34.9 Å². The Morgan fingerprint density at radius 2 is 2.00 bits per heavy atom. The molecule has 1 aromatic heterocycles. The third-order valence-electron chi connectivity index (χ3n) is 2.78. The van der Waals surface area contributed by atoms with Gasteiger partial charge in [0, 0.05) is 32.0 Å². The fourth-order valence-corrected chi connectivity index (χ4v) is 1.74. The molecule has 1 heterocycles. The van der Waals surface area contributed by atoms with E-state index in [9.17, 15) is 0 Å². The molecule has 1 N–H and O–H groups in total. The number of anilines is 1. The summed E-state index contributed by atoms with van der Waals surface area (Å²) >= 11 is 0. The molecule has 0 saturated carbocycles. The molecule has 0 spiro atoms. The molecule has 1 rings (SSSR count). The molecule has 0 saturated heterocycles. The van der Waals surface area contributed by atoms with Gasteiger partial charge in [-0.25, -0.2) is 9.97 Å². The molecular formula is C13H23N3O. The lowest BCUT2D eigenvalue weighted by atomic mass is 10.2. The zero-order chi connectivity index (χ0) is 12.7. The van der Waals surface area contributed by atoms with Gasteiger partial charge >= 0.3 is 0 Å². The monoisotopic (exact) mass is 237 g/mol. The number of rotatable bonds is 7. The van der Waals surface area contributed by atoms with Crippen molar-refractivity contribution in [2.24, 2.45) is 0 Å². The van der Waals surface area contributed by atoms with Crippen molar-refractivity contribution in [3.05, 3.63) is 17.6 Å². The second kappa shape index (κ2) is 7.22. The topological polar surface area (TPSA) is 49.2 Å². The van der Waals surface area contributed by atoms with Crippen LogP contribution in [0, 0.1) is 6.92 Å². The highest BCUT2D eigenvalue weighted by Crippen LogP contribution is 2.12. The summed E-state index contributed by atoms with van der Waals surface area (Å²) in [7, 11) is 2.06. The van der Waals surface area contributed by atoms with Gasteiger partial charge in [0.1, 0.15) is 11.6 Å². The maximum atomic E-state index is 8.72. The van der Waals surface area contributed by atoms with E-state index in [4.69, 9.17) is 5.11 Å². The Morgan fingerprint density at radius 3 is 2.65 bits per heavy atom. The molecule has 0 amide bonds. The van der Waals surface area contributed by atoms with Crippen LogP contribution in [0.4, 0.5) is 5.82 Å². The predicted molar refractivity (Wildman–Crippen MR) is 70.4 cm³/mol. The SMILES string of the molecule is CCc1cc(N(C)CCCCCO)nc(C)n1. The van der Waals surface area contributed by atoms with Crippen molar-refractivity contribution in [2.75, 3.05) is 25.1 Å². The number of aliphatic hydroxyl groups excluding tert-OH is 1. The first-order valence-corrected chi connectivity index (χ1v) is 6.34. The molecule has 17 heavy (non-hydrogen) atoms. The Balaban J connectivity index is 2.55. The Kier molecular flexibility index (Phi) is 5.91. The van der Waals surface area contributed by atoms with Crippen molar-refractivity contribution < 1.29 is 5.11 Å². The summed E-state index contributed by atoms with van der Waals surface area (Å²) in [5.74, 6) is 1.83. The first kappa shape index (κ1) is 13.9. The van der Waals surface area contributed by atoms with Gasteiger partial charge in [-0.05, 0) is 32.6 Å². The Labute approximate surface area is 104 Å². The minimum absolute atomic E-state index is 0.288. The van der Waals surface area contributed by atoms with Gasteiger partial charge in [0.25, 0.3) is 0 Å². The van der Waals surface area contributed by atoms with E-state index in [-0.39, 0.29) is 6.61 Å². The fourth-order valence-electron chi connectivity index (χ4n) is 1.74. The smallest absolute Gasteiger partial charge is 0.132 e. The summed E-state index contributed by atoms with van der Waals surface area (Å²) in [5.41, 5.74) is 1.09. The van der Waals surface area contributed by atoms with Gasteiger partial charge in [0.05, 0.1) is 0 Å². The molecule has 0 aliphatic rings. The lowest BCUT2D eigenvalue weighted by Crippen LogP contribution is -2.20. The van der Waals surface area contributed by atoms with Crippen LogP contribution in [-0.4, -0.2) is 35.3 Å². The van der Waals surface area contributed by atoms with Crippen molar-refractivity contribution in [1.82, 2.24) is 9.97 Å². The molecule has 0 aromatic carbocycles. The molecule has 0 bridgehead atoms. The Bertz CT molecular complexity index is 341. The zero-order valence-corrected chi connectivity index (χ0v) is 11.1. The first-order valence-electron chi connectivity index (χ1n) is 6.34. The lowest BCUT2D eigenvalue weighted by molar-refractivity contribution is 0.283. The van der Waals surface area contributed by atoms with Crippen molar-refractivity contribution >= 4 is 5.82 Å². The summed E-state index contributed by atoms with van der Waals surface area (Å²) in [5, 5.41) is 8.72. The van der Waals surface area contributed by atoms with E-state index >= 15 is 0 Å². The Morgan fingerprint density at radius 1 is 1.24 bits per heavy atom. The summed E-state index contributed by atoms with van der Waals surface area (Å²) in [6.45, 7) is 5.30. The Hall–Kier alpha value is -1.16. The highest BCUT2D eigenvalue weighted by Gasteiger charge is 2.05. The first-order chi connectivity index (χ1) is 8.17. The van der Waals surface area contributed by atoms with Gasteiger partial charge in [-0.3, -0.25) is 0 Å². The largest absolute Gasteiger partial charge is 0.396 e.